The Hall–Kier alpha value is -3.04. The lowest BCUT2D eigenvalue weighted by atomic mass is 10.2. The Bertz CT molecular complexity index is 1400. The summed E-state index contributed by atoms with van der Waals surface area (Å²) in [6, 6.07) is 5.11. The Balaban J connectivity index is 1.66. The van der Waals surface area contributed by atoms with Crippen LogP contribution in [0.5, 0.6) is 5.75 Å². The molecule has 0 bridgehead atoms. The summed E-state index contributed by atoms with van der Waals surface area (Å²) in [7, 11) is 0. The van der Waals surface area contributed by atoms with E-state index in [4.69, 9.17) is 49.3 Å². The van der Waals surface area contributed by atoms with Crippen molar-refractivity contribution in [2.45, 2.75) is 12.3 Å². The van der Waals surface area contributed by atoms with Crippen LogP contribution in [-0.4, -0.2) is 37.3 Å². The average molecular weight is 519 g/mol. The first kappa shape index (κ1) is 23.1. The van der Waals surface area contributed by atoms with Gasteiger partial charge in [0.15, 0.2) is 11.8 Å². The minimum absolute atomic E-state index is 0.0274. The van der Waals surface area contributed by atoms with Gasteiger partial charge in [-0.3, -0.25) is 0 Å². The van der Waals surface area contributed by atoms with Crippen LogP contribution >= 0.6 is 34.8 Å². The number of aliphatic hydroxyl groups is 1. The summed E-state index contributed by atoms with van der Waals surface area (Å²) in [5.74, 6) is 0.0570. The number of fused-ring (bicyclic) bond motifs is 1. The van der Waals surface area contributed by atoms with E-state index in [0.717, 1.165) is 16.7 Å². The Morgan fingerprint density at radius 3 is 2.58 bits per heavy atom. The highest BCUT2D eigenvalue weighted by molar-refractivity contribution is 6.36. The van der Waals surface area contributed by atoms with Gasteiger partial charge in [0.1, 0.15) is 18.1 Å². The third-order valence-electron chi connectivity index (χ3n) is 4.29. The lowest BCUT2D eigenvalue weighted by Crippen LogP contribution is -2.15. The van der Waals surface area contributed by atoms with E-state index in [2.05, 4.69) is 15.1 Å². The number of halogens is 6. The van der Waals surface area contributed by atoms with E-state index in [-0.39, 0.29) is 56.0 Å². The highest BCUT2D eigenvalue weighted by atomic mass is 35.5. The third kappa shape index (κ3) is 4.69. The number of hydrogen-bond donors (Lipinski definition) is 1. The number of pyridine rings is 1. The average Bonchev–Trinajstić information content (AvgIpc) is 3.40. The second-order valence-corrected chi connectivity index (χ2v) is 7.79. The molecule has 0 amide bonds. The molecule has 0 aliphatic carbocycles. The highest BCUT2D eigenvalue weighted by Crippen LogP contribution is 2.37. The number of nitriles is 1. The maximum absolute atomic E-state index is 13.0. The molecule has 0 aliphatic rings. The zero-order valence-electron chi connectivity index (χ0n) is 15.9. The summed E-state index contributed by atoms with van der Waals surface area (Å²) in [5, 5.41) is 21.7. The van der Waals surface area contributed by atoms with E-state index in [1.54, 1.807) is 6.07 Å². The number of ether oxygens (including phenoxy) is 1. The van der Waals surface area contributed by atoms with E-state index in [1.165, 1.54) is 18.3 Å². The van der Waals surface area contributed by atoms with Gasteiger partial charge in [-0.1, -0.05) is 40.0 Å². The van der Waals surface area contributed by atoms with Crippen LogP contribution in [0, 0.1) is 11.3 Å². The van der Waals surface area contributed by atoms with Crippen LogP contribution in [0.3, 0.4) is 0 Å². The van der Waals surface area contributed by atoms with Gasteiger partial charge in [0.05, 0.1) is 26.7 Å². The van der Waals surface area contributed by atoms with E-state index < -0.39 is 17.8 Å². The predicted octanol–water partition coefficient (Wildman–Crippen LogP) is 5.29. The van der Waals surface area contributed by atoms with Gasteiger partial charge in [-0.2, -0.15) is 23.4 Å². The lowest BCUT2D eigenvalue weighted by Gasteiger charge is -2.10. The van der Waals surface area contributed by atoms with Crippen molar-refractivity contribution in [2.75, 3.05) is 6.61 Å². The van der Waals surface area contributed by atoms with Crippen LogP contribution in [0.4, 0.5) is 13.2 Å². The fraction of sp³-hybridized carbons (Fsp3) is 0.158. The highest BCUT2D eigenvalue weighted by Gasteiger charge is 2.32. The number of hydrogen-bond acceptors (Lipinski definition) is 7. The number of alkyl halides is 3. The van der Waals surface area contributed by atoms with E-state index in [1.807, 2.05) is 0 Å². The maximum atomic E-state index is 13.0. The molecule has 4 aromatic rings. The van der Waals surface area contributed by atoms with Crippen molar-refractivity contribution >= 4 is 40.4 Å². The van der Waals surface area contributed by atoms with Gasteiger partial charge in [-0.05, 0) is 12.1 Å². The quantitative estimate of drug-likeness (QED) is 0.357. The summed E-state index contributed by atoms with van der Waals surface area (Å²) >= 11 is 18.4. The van der Waals surface area contributed by atoms with Crippen molar-refractivity contribution in [3.8, 4) is 34.8 Å². The van der Waals surface area contributed by atoms with Gasteiger partial charge in [0.2, 0.25) is 5.82 Å². The molecular formula is C19H9Cl3F3N5O3. The molecule has 0 saturated carbocycles. The number of aliphatic hydroxyl groups excluding tert-OH is 1. The second kappa shape index (κ2) is 8.72. The van der Waals surface area contributed by atoms with Gasteiger partial charge >= 0.3 is 6.18 Å². The molecule has 0 spiro atoms. The van der Waals surface area contributed by atoms with Crippen molar-refractivity contribution in [1.82, 2.24) is 19.5 Å². The molecule has 1 N–H and O–H groups in total. The van der Waals surface area contributed by atoms with Crippen LogP contribution in [0.1, 0.15) is 5.56 Å². The van der Waals surface area contributed by atoms with Gasteiger partial charge in [-0.25, -0.2) is 4.98 Å². The molecule has 3 aromatic heterocycles. The van der Waals surface area contributed by atoms with E-state index in [9.17, 15) is 18.3 Å². The minimum atomic E-state index is -4.58. The monoisotopic (exact) mass is 517 g/mol. The van der Waals surface area contributed by atoms with Crippen LogP contribution < -0.4 is 4.74 Å². The summed E-state index contributed by atoms with van der Waals surface area (Å²) in [6.07, 6.45) is -3.82. The first-order chi connectivity index (χ1) is 15.6. The SMILES string of the molecule is N#CC(O)COc1cc(Cl)c(-c2noc(-c3cn4cc(C(F)(F)F)cc(Cl)c4n3)n2)cc1Cl. The smallest absolute Gasteiger partial charge is 0.417 e. The fourth-order valence-corrected chi connectivity index (χ4v) is 3.48. The molecule has 4 rings (SSSR count). The van der Waals surface area contributed by atoms with Gasteiger partial charge in [-0.15, -0.1) is 0 Å². The molecule has 170 valence electrons. The summed E-state index contributed by atoms with van der Waals surface area (Å²) in [4.78, 5) is 8.33. The summed E-state index contributed by atoms with van der Waals surface area (Å²) in [5.41, 5.74) is -0.517. The van der Waals surface area contributed by atoms with Crippen molar-refractivity contribution in [1.29, 1.82) is 5.26 Å². The molecule has 3 heterocycles. The number of imidazole rings is 1. The van der Waals surface area contributed by atoms with Gasteiger partial charge in [0.25, 0.3) is 5.89 Å². The molecule has 33 heavy (non-hydrogen) atoms. The van der Waals surface area contributed by atoms with E-state index in [0.29, 0.717) is 0 Å². The van der Waals surface area contributed by atoms with Crippen LogP contribution in [0.25, 0.3) is 28.6 Å². The van der Waals surface area contributed by atoms with Gasteiger partial charge < -0.3 is 18.8 Å². The van der Waals surface area contributed by atoms with Crippen molar-refractivity contribution in [2.24, 2.45) is 0 Å². The summed E-state index contributed by atoms with van der Waals surface area (Å²) < 4.78 is 50.6. The topological polar surface area (TPSA) is 109 Å². The van der Waals surface area contributed by atoms with Gasteiger partial charge in [0, 0.05) is 24.0 Å². The molecule has 1 unspecified atom stereocenters. The number of aromatic nitrogens is 4. The normalized spacial score (nSPS) is 12.7. The molecule has 1 atom stereocenters. The molecule has 0 fully saturated rings. The zero-order valence-corrected chi connectivity index (χ0v) is 18.2. The zero-order chi connectivity index (χ0) is 23.9. The Morgan fingerprint density at radius 2 is 1.88 bits per heavy atom. The minimum Gasteiger partial charge on any atom is -0.488 e. The second-order valence-electron chi connectivity index (χ2n) is 6.57. The molecule has 1 aromatic carbocycles. The van der Waals surface area contributed by atoms with Crippen molar-refractivity contribution in [3.63, 3.8) is 0 Å². The molecule has 8 nitrogen and oxygen atoms in total. The molecule has 14 heteroatoms. The van der Waals surface area contributed by atoms with E-state index >= 15 is 0 Å². The molecule has 0 radical (unpaired) electrons. The maximum Gasteiger partial charge on any atom is 0.417 e. The Morgan fingerprint density at radius 1 is 1.12 bits per heavy atom. The lowest BCUT2D eigenvalue weighted by molar-refractivity contribution is -0.137. The Kier molecular flexibility index (Phi) is 6.11. The predicted molar refractivity (Wildman–Crippen MR) is 111 cm³/mol. The first-order valence-corrected chi connectivity index (χ1v) is 9.99. The standard InChI is InChI=1S/C19H9Cl3F3N5O3/c20-11-3-15(32-7-9(31)4-26)12(21)2-10(11)16-28-18(33-29-16)14-6-30-5-8(19(23,24)25)1-13(22)17(30)27-14/h1-3,5-6,9,31H,7H2. The largest absolute Gasteiger partial charge is 0.488 e. The van der Waals surface area contributed by atoms with Crippen molar-refractivity contribution in [3.05, 3.63) is 51.2 Å². The first-order valence-electron chi connectivity index (χ1n) is 8.86. The van der Waals surface area contributed by atoms with Crippen LogP contribution in [0.2, 0.25) is 15.1 Å². The fourth-order valence-electron chi connectivity index (χ4n) is 2.77. The summed E-state index contributed by atoms with van der Waals surface area (Å²) in [6.45, 7) is -0.315. The van der Waals surface area contributed by atoms with Crippen LogP contribution in [0.15, 0.2) is 35.1 Å². The number of benzene rings is 1. The number of rotatable bonds is 5. The Labute approximate surface area is 197 Å². The number of nitrogens with zero attached hydrogens (tertiary/aromatic N) is 5. The van der Waals surface area contributed by atoms with Crippen molar-refractivity contribution < 1.29 is 27.5 Å². The third-order valence-corrected chi connectivity index (χ3v) is 5.17. The molecule has 0 saturated heterocycles. The molecular weight excluding hydrogens is 510 g/mol. The van der Waals surface area contributed by atoms with Crippen LogP contribution in [-0.2, 0) is 6.18 Å². The molecule has 0 aliphatic heterocycles.